The van der Waals surface area contributed by atoms with Crippen molar-refractivity contribution >= 4 is 17.0 Å². The largest absolute Gasteiger partial charge is 0.439 e. The van der Waals surface area contributed by atoms with Crippen molar-refractivity contribution in [2.45, 2.75) is 26.4 Å². The van der Waals surface area contributed by atoms with Gasteiger partial charge < -0.3 is 9.32 Å². The Morgan fingerprint density at radius 1 is 1.20 bits per heavy atom. The number of benzene rings is 1. The van der Waals surface area contributed by atoms with Gasteiger partial charge in [-0.15, -0.1) is 0 Å². The minimum absolute atomic E-state index is 0.191. The summed E-state index contributed by atoms with van der Waals surface area (Å²) < 4.78 is 5.88. The molecule has 6 nitrogen and oxygen atoms in total. The molecule has 25 heavy (non-hydrogen) atoms. The van der Waals surface area contributed by atoms with Gasteiger partial charge in [-0.1, -0.05) is 19.1 Å². The molecule has 2 aliphatic heterocycles. The van der Waals surface area contributed by atoms with Crippen molar-refractivity contribution in [3.8, 4) is 0 Å². The van der Waals surface area contributed by atoms with Crippen LogP contribution in [0.15, 0.2) is 28.7 Å². The van der Waals surface area contributed by atoms with Crippen LogP contribution in [0.5, 0.6) is 0 Å². The average molecular weight is 342 g/mol. The first-order valence-corrected chi connectivity index (χ1v) is 9.16. The van der Waals surface area contributed by atoms with E-state index in [-0.39, 0.29) is 5.91 Å². The van der Waals surface area contributed by atoms with Gasteiger partial charge in [0.2, 0.25) is 11.8 Å². The maximum atomic E-state index is 11.5. The number of para-hydroxylation sites is 2. The fourth-order valence-electron chi connectivity index (χ4n) is 4.20. The maximum absolute atomic E-state index is 11.5. The van der Waals surface area contributed by atoms with Crippen molar-refractivity contribution < 1.29 is 9.21 Å². The number of likely N-dealkylation sites (tertiary alicyclic amines) is 1. The van der Waals surface area contributed by atoms with E-state index in [1.165, 1.54) is 0 Å². The first-order valence-electron chi connectivity index (χ1n) is 9.16. The number of nitrogens with zero attached hydrogens (tertiary/aromatic N) is 4. The van der Waals surface area contributed by atoms with Crippen LogP contribution in [0.1, 0.15) is 19.7 Å². The first kappa shape index (κ1) is 16.5. The van der Waals surface area contributed by atoms with Crippen LogP contribution in [0.2, 0.25) is 0 Å². The number of rotatable bonds is 3. The van der Waals surface area contributed by atoms with Crippen molar-refractivity contribution in [3.05, 3.63) is 30.2 Å². The molecule has 6 heteroatoms. The summed E-state index contributed by atoms with van der Waals surface area (Å²) in [6, 6.07) is 8.48. The Hall–Kier alpha value is -1.92. The summed E-state index contributed by atoms with van der Waals surface area (Å²) in [4.78, 5) is 23.0. The molecule has 2 saturated heterocycles. The Bertz CT molecular complexity index is 718. The fourth-order valence-corrected chi connectivity index (χ4v) is 4.20. The van der Waals surface area contributed by atoms with Gasteiger partial charge in [0, 0.05) is 52.2 Å². The topological polar surface area (TPSA) is 52.8 Å². The summed E-state index contributed by atoms with van der Waals surface area (Å²) in [7, 11) is 0. The van der Waals surface area contributed by atoms with Gasteiger partial charge in [-0.3, -0.25) is 14.6 Å². The van der Waals surface area contributed by atoms with Gasteiger partial charge in [0.05, 0.1) is 6.54 Å². The van der Waals surface area contributed by atoms with Crippen molar-refractivity contribution in [2.24, 2.45) is 5.92 Å². The molecule has 134 valence electrons. The molecule has 3 heterocycles. The van der Waals surface area contributed by atoms with Gasteiger partial charge in [0.15, 0.2) is 5.58 Å². The van der Waals surface area contributed by atoms with E-state index in [0.29, 0.717) is 12.0 Å². The highest BCUT2D eigenvalue weighted by Gasteiger charge is 2.35. The zero-order valence-corrected chi connectivity index (χ0v) is 15.0. The lowest BCUT2D eigenvalue weighted by molar-refractivity contribution is -0.130. The van der Waals surface area contributed by atoms with Crippen LogP contribution in [0.3, 0.4) is 0 Å². The molecule has 2 aromatic rings. The third-order valence-corrected chi connectivity index (χ3v) is 5.57. The molecule has 0 unspecified atom stereocenters. The molecule has 1 aromatic carbocycles. The van der Waals surface area contributed by atoms with Gasteiger partial charge in [-0.25, -0.2) is 4.98 Å². The standard InChI is InChI=1S/C19H26N4O2/c1-14-11-21(13-19-20-16-5-3-4-6-18(16)25-19)12-17(14)23-9-7-22(8-10-23)15(2)24/h3-6,14,17H,7-13H2,1-2H3/t14-,17-/m0/s1. The number of hydrogen-bond acceptors (Lipinski definition) is 5. The molecule has 0 N–H and O–H groups in total. The van der Waals surface area contributed by atoms with Crippen LogP contribution in [0, 0.1) is 5.92 Å². The van der Waals surface area contributed by atoms with E-state index in [1.54, 1.807) is 6.92 Å². The summed E-state index contributed by atoms with van der Waals surface area (Å²) in [5.41, 5.74) is 1.79. The fraction of sp³-hybridized carbons (Fsp3) is 0.579. The lowest BCUT2D eigenvalue weighted by Gasteiger charge is -2.39. The molecule has 1 aromatic heterocycles. The third-order valence-electron chi connectivity index (χ3n) is 5.57. The van der Waals surface area contributed by atoms with E-state index in [1.807, 2.05) is 29.2 Å². The first-order chi connectivity index (χ1) is 12.1. The van der Waals surface area contributed by atoms with Crippen LogP contribution in [-0.2, 0) is 11.3 Å². The minimum atomic E-state index is 0.191. The second kappa shape index (κ2) is 6.77. The van der Waals surface area contributed by atoms with Gasteiger partial charge in [0.1, 0.15) is 5.52 Å². The molecule has 1 amide bonds. The number of carbonyl (C=O) groups excluding carboxylic acids is 1. The Kier molecular flexibility index (Phi) is 4.48. The Labute approximate surface area is 148 Å². The normalized spacial score (nSPS) is 25.8. The number of piperazine rings is 1. The molecule has 4 rings (SSSR count). The molecule has 0 aliphatic carbocycles. The van der Waals surface area contributed by atoms with Gasteiger partial charge in [0.25, 0.3) is 0 Å². The van der Waals surface area contributed by atoms with Gasteiger partial charge in [-0.05, 0) is 18.1 Å². The molecule has 0 radical (unpaired) electrons. The van der Waals surface area contributed by atoms with Crippen molar-refractivity contribution in [1.29, 1.82) is 0 Å². The van der Waals surface area contributed by atoms with E-state index >= 15 is 0 Å². The highest BCUT2D eigenvalue weighted by atomic mass is 16.3. The summed E-state index contributed by atoms with van der Waals surface area (Å²) >= 11 is 0. The van der Waals surface area contributed by atoms with Crippen molar-refractivity contribution in [2.75, 3.05) is 39.3 Å². The van der Waals surface area contributed by atoms with Gasteiger partial charge in [-0.2, -0.15) is 0 Å². The second-order valence-corrected chi connectivity index (χ2v) is 7.36. The lowest BCUT2D eigenvalue weighted by atomic mass is 10.0. The van der Waals surface area contributed by atoms with Gasteiger partial charge >= 0.3 is 0 Å². The molecule has 0 bridgehead atoms. The number of aromatic nitrogens is 1. The van der Waals surface area contributed by atoms with E-state index in [0.717, 1.165) is 62.8 Å². The number of amides is 1. The van der Waals surface area contributed by atoms with E-state index in [4.69, 9.17) is 4.42 Å². The minimum Gasteiger partial charge on any atom is -0.439 e. The summed E-state index contributed by atoms with van der Waals surface area (Å²) in [5.74, 6) is 1.61. The van der Waals surface area contributed by atoms with Crippen molar-refractivity contribution in [3.63, 3.8) is 0 Å². The predicted molar refractivity (Wildman–Crippen MR) is 96.1 cm³/mol. The molecular weight excluding hydrogens is 316 g/mol. The Balaban J connectivity index is 1.37. The highest BCUT2D eigenvalue weighted by Crippen LogP contribution is 2.25. The summed E-state index contributed by atoms with van der Waals surface area (Å²) in [6.45, 7) is 10.5. The summed E-state index contributed by atoms with van der Waals surface area (Å²) in [5, 5.41) is 0. The van der Waals surface area contributed by atoms with Crippen LogP contribution in [0.4, 0.5) is 0 Å². The monoisotopic (exact) mass is 342 g/mol. The molecule has 2 aliphatic rings. The second-order valence-electron chi connectivity index (χ2n) is 7.36. The van der Waals surface area contributed by atoms with E-state index < -0.39 is 0 Å². The maximum Gasteiger partial charge on any atom is 0.219 e. The third kappa shape index (κ3) is 3.41. The Morgan fingerprint density at radius 2 is 1.96 bits per heavy atom. The smallest absolute Gasteiger partial charge is 0.219 e. The van der Waals surface area contributed by atoms with Crippen LogP contribution in [-0.4, -0.2) is 70.9 Å². The van der Waals surface area contributed by atoms with Crippen molar-refractivity contribution in [1.82, 2.24) is 19.7 Å². The molecule has 0 saturated carbocycles. The number of oxazole rings is 1. The quantitative estimate of drug-likeness (QED) is 0.852. The predicted octanol–water partition coefficient (Wildman–Crippen LogP) is 1.81. The summed E-state index contributed by atoms with van der Waals surface area (Å²) in [6.07, 6.45) is 0. The SMILES string of the molecule is CC(=O)N1CCN([C@H]2CN(Cc3nc4ccccc4o3)C[C@@H]2C)CC1. The zero-order valence-electron chi connectivity index (χ0n) is 15.0. The van der Waals surface area contributed by atoms with Crippen LogP contribution >= 0.6 is 0 Å². The number of fused-ring (bicyclic) bond motifs is 1. The number of hydrogen-bond donors (Lipinski definition) is 0. The van der Waals surface area contributed by atoms with E-state index in [9.17, 15) is 4.79 Å². The molecular formula is C19H26N4O2. The highest BCUT2D eigenvalue weighted by molar-refractivity contribution is 5.73. The lowest BCUT2D eigenvalue weighted by Crippen LogP contribution is -2.53. The molecule has 2 atom stereocenters. The van der Waals surface area contributed by atoms with Crippen LogP contribution in [0.25, 0.3) is 11.1 Å². The number of carbonyl (C=O) groups is 1. The zero-order chi connectivity index (χ0) is 17.4. The Morgan fingerprint density at radius 3 is 2.68 bits per heavy atom. The molecule has 2 fully saturated rings. The van der Waals surface area contributed by atoms with E-state index in [2.05, 4.69) is 21.7 Å². The van der Waals surface area contributed by atoms with Crippen LogP contribution < -0.4 is 0 Å². The average Bonchev–Trinajstić information content (AvgIpc) is 3.17. The molecule has 0 spiro atoms.